The van der Waals surface area contributed by atoms with Crippen LogP contribution in [0, 0.1) is 0 Å². The molecule has 168 valence electrons. The van der Waals surface area contributed by atoms with E-state index in [1.807, 2.05) is 48.5 Å². The van der Waals surface area contributed by atoms with Crippen molar-refractivity contribution in [1.29, 1.82) is 0 Å². The summed E-state index contributed by atoms with van der Waals surface area (Å²) in [6.07, 6.45) is 1.57. The first-order valence-corrected chi connectivity index (χ1v) is 11.6. The van der Waals surface area contributed by atoms with Crippen molar-refractivity contribution in [3.8, 4) is 5.75 Å². The van der Waals surface area contributed by atoms with Crippen molar-refractivity contribution in [2.75, 3.05) is 20.2 Å². The molecule has 5 rings (SSSR count). The summed E-state index contributed by atoms with van der Waals surface area (Å²) in [7, 11) is 1.65. The number of hydrazone groups is 1. The normalized spacial score (nSPS) is 18.1. The van der Waals surface area contributed by atoms with Crippen molar-refractivity contribution in [3.63, 3.8) is 0 Å². The highest BCUT2D eigenvalue weighted by atomic mass is 35.5. The van der Waals surface area contributed by atoms with E-state index in [4.69, 9.17) is 21.4 Å². The first-order valence-electron chi connectivity index (χ1n) is 11.2. The summed E-state index contributed by atoms with van der Waals surface area (Å²) in [4.78, 5) is 15.7. The van der Waals surface area contributed by atoms with Crippen LogP contribution in [-0.4, -0.2) is 41.7 Å². The minimum absolute atomic E-state index is 0.00254. The summed E-state index contributed by atoms with van der Waals surface area (Å²) in [5, 5.41) is 7.09. The van der Waals surface area contributed by atoms with E-state index >= 15 is 0 Å². The van der Waals surface area contributed by atoms with Gasteiger partial charge in [-0.25, -0.2) is 5.01 Å². The Balaban J connectivity index is 1.40. The van der Waals surface area contributed by atoms with E-state index in [2.05, 4.69) is 29.2 Å². The maximum Gasteiger partial charge on any atom is 0.257 e. The van der Waals surface area contributed by atoms with Gasteiger partial charge in [0, 0.05) is 30.1 Å². The lowest BCUT2D eigenvalue weighted by Gasteiger charge is -2.30. The predicted octanol–water partition coefficient (Wildman–Crippen LogP) is 5.08. The van der Waals surface area contributed by atoms with Gasteiger partial charge in [0.15, 0.2) is 0 Å². The molecule has 0 saturated carbocycles. The molecule has 0 saturated heterocycles. The number of halogens is 1. The molecule has 0 aromatic heterocycles. The van der Waals surface area contributed by atoms with E-state index in [9.17, 15) is 4.79 Å². The molecule has 5 nitrogen and oxygen atoms in total. The molecule has 0 spiro atoms. The summed E-state index contributed by atoms with van der Waals surface area (Å²) in [5.74, 6) is 0.783. The third-order valence-electron chi connectivity index (χ3n) is 6.42. The number of amides is 1. The van der Waals surface area contributed by atoms with Gasteiger partial charge in [0.25, 0.3) is 5.91 Å². The van der Waals surface area contributed by atoms with Gasteiger partial charge in [-0.3, -0.25) is 9.69 Å². The molecule has 3 aromatic rings. The second-order valence-electron chi connectivity index (χ2n) is 8.49. The summed E-state index contributed by atoms with van der Waals surface area (Å²) in [5.41, 5.74) is 5.40. The van der Waals surface area contributed by atoms with Gasteiger partial charge in [-0.2, -0.15) is 5.10 Å². The third-order valence-corrected chi connectivity index (χ3v) is 6.75. The van der Waals surface area contributed by atoms with Gasteiger partial charge in [0.2, 0.25) is 0 Å². The van der Waals surface area contributed by atoms with Gasteiger partial charge in [-0.05, 0) is 41.3 Å². The Labute approximate surface area is 199 Å². The first-order chi connectivity index (χ1) is 16.1. The average Bonchev–Trinajstić information content (AvgIpc) is 3.30. The number of carbonyl (C=O) groups excluding carboxylic acids is 1. The molecular formula is C27H26ClN3O2. The maximum atomic E-state index is 13.5. The Morgan fingerprint density at radius 1 is 1.03 bits per heavy atom. The molecule has 2 aliphatic heterocycles. The molecule has 0 radical (unpaired) electrons. The lowest BCUT2D eigenvalue weighted by Crippen LogP contribution is -2.40. The fourth-order valence-electron chi connectivity index (χ4n) is 4.64. The van der Waals surface area contributed by atoms with Crippen LogP contribution in [-0.2, 0) is 17.8 Å². The van der Waals surface area contributed by atoms with Gasteiger partial charge < -0.3 is 4.74 Å². The first kappa shape index (κ1) is 21.7. The number of ether oxygens (including phenoxy) is 1. The van der Waals surface area contributed by atoms with Crippen LogP contribution in [0.1, 0.15) is 34.7 Å². The van der Waals surface area contributed by atoms with E-state index in [0.29, 0.717) is 18.0 Å². The zero-order valence-corrected chi connectivity index (χ0v) is 19.3. The van der Waals surface area contributed by atoms with Crippen LogP contribution in [0.5, 0.6) is 5.75 Å². The number of rotatable bonds is 5. The van der Waals surface area contributed by atoms with Crippen LogP contribution >= 0.6 is 11.6 Å². The molecule has 1 amide bonds. The number of methoxy groups -OCH3 is 1. The minimum atomic E-state index is -0.174. The number of carbonyl (C=O) groups is 1. The summed E-state index contributed by atoms with van der Waals surface area (Å²) in [6.45, 7) is 1.98. The Kier molecular flexibility index (Phi) is 6.16. The Morgan fingerprint density at radius 3 is 2.52 bits per heavy atom. The number of hydrogen-bond donors (Lipinski definition) is 0. The molecule has 0 fully saturated rings. The van der Waals surface area contributed by atoms with E-state index in [0.717, 1.165) is 42.1 Å². The Bertz CT molecular complexity index is 1190. The van der Waals surface area contributed by atoms with E-state index in [-0.39, 0.29) is 11.9 Å². The minimum Gasteiger partial charge on any atom is -0.497 e. The lowest BCUT2D eigenvalue weighted by atomic mass is 9.98. The Hall–Kier alpha value is -3.15. The molecule has 6 heteroatoms. The Morgan fingerprint density at radius 2 is 1.76 bits per heavy atom. The van der Waals surface area contributed by atoms with Gasteiger partial charge in [-0.1, -0.05) is 66.2 Å². The molecule has 2 aliphatic rings. The summed E-state index contributed by atoms with van der Waals surface area (Å²) < 4.78 is 5.31. The lowest BCUT2D eigenvalue weighted by molar-refractivity contribution is -0.134. The van der Waals surface area contributed by atoms with Crippen molar-refractivity contribution in [2.45, 2.75) is 25.4 Å². The number of hydrogen-bond acceptors (Lipinski definition) is 4. The molecule has 0 aliphatic carbocycles. The highest BCUT2D eigenvalue weighted by Gasteiger charge is 2.34. The molecule has 3 aromatic carbocycles. The van der Waals surface area contributed by atoms with Crippen molar-refractivity contribution in [2.24, 2.45) is 5.10 Å². The summed E-state index contributed by atoms with van der Waals surface area (Å²) >= 11 is 6.46. The van der Waals surface area contributed by atoms with Crippen LogP contribution in [0.4, 0.5) is 0 Å². The van der Waals surface area contributed by atoms with Crippen LogP contribution in [0.15, 0.2) is 77.9 Å². The zero-order chi connectivity index (χ0) is 22.8. The van der Waals surface area contributed by atoms with E-state index < -0.39 is 0 Å². The molecule has 0 bridgehead atoms. The highest BCUT2D eigenvalue weighted by molar-refractivity contribution is 6.34. The molecule has 0 unspecified atom stereocenters. The fourth-order valence-corrected chi connectivity index (χ4v) is 4.88. The maximum absolute atomic E-state index is 13.5. The van der Waals surface area contributed by atoms with Crippen LogP contribution < -0.4 is 4.74 Å². The standard InChI is InChI=1S/C27H26ClN3O2/c1-33-22-12-10-20(11-13-22)26-16-25(23-8-4-5-9-24(23)28)29-31(26)27(32)18-30-15-14-19-6-2-3-7-21(19)17-30/h2-13,26H,14-18H2,1H3/t26-/m1/s1. The topological polar surface area (TPSA) is 45.1 Å². The van der Waals surface area contributed by atoms with Crippen molar-refractivity contribution < 1.29 is 9.53 Å². The van der Waals surface area contributed by atoms with Gasteiger partial charge in [-0.15, -0.1) is 0 Å². The number of benzene rings is 3. The van der Waals surface area contributed by atoms with Crippen molar-refractivity contribution in [1.82, 2.24) is 9.91 Å². The van der Waals surface area contributed by atoms with E-state index in [1.165, 1.54) is 11.1 Å². The largest absolute Gasteiger partial charge is 0.497 e. The molecule has 0 N–H and O–H groups in total. The fraction of sp³-hybridized carbons (Fsp3) is 0.259. The molecule has 2 heterocycles. The monoisotopic (exact) mass is 459 g/mol. The molecule has 1 atom stereocenters. The SMILES string of the molecule is COc1ccc([C@H]2CC(c3ccccc3Cl)=NN2C(=O)CN2CCc3ccccc3C2)cc1. The average molecular weight is 460 g/mol. The van der Waals surface area contributed by atoms with Gasteiger partial charge in [0.1, 0.15) is 5.75 Å². The highest BCUT2D eigenvalue weighted by Crippen LogP contribution is 2.35. The van der Waals surface area contributed by atoms with Crippen LogP contribution in [0.3, 0.4) is 0 Å². The summed E-state index contributed by atoms with van der Waals surface area (Å²) in [6, 6.07) is 23.8. The second kappa shape index (κ2) is 9.38. The van der Waals surface area contributed by atoms with Crippen molar-refractivity contribution >= 4 is 23.2 Å². The zero-order valence-electron chi connectivity index (χ0n) is 18.6. The molecular weight excluding hydrogens is 434 g/mol. The van der Waals surface area contributed by atoms with Crippen LogP contribution in [0.25, 0.3) is 0 Å². The number of nitrogens with zero attached hydrogens (tertiary/aromatic N) is 3. The van der Waals surface area contributed by atoms with E-state index in [1.54, 1.807) is 12.1 Å². The number of fused-ring (bicyclic) bond motifs is 1. The van der Waals surface area contributed by atoms with Gasteiger partial charge >= 0.3 is 0 Å². The molecule has 33 heavy (non-hydrogen) atoms. The van der Waals surface area contributed by atoms with Crippen molar-refractivity contribution in [3.05, 3.63) is 100 Å². The quantitative estimate of drug-likeness (QED) is 0.534. The second-order valence-corrected chi connectivity index (χ2v) is 8.89. The van der Waals surface area contributed by atoms with Gasteiger partial charge in [0.05, 0.1) is 25.4 Å². The predicted molar refractivity (Wildman–Crippen MR) is 131 cm³/mol. The van der Waals surface area contributed by atoms with Crippen LogP contribution in [0.2, 0.25) is 5.02 Å². The smallest absolute Gasteiger partial charge is 0.257 e. The third kappa shape index (κ3) is 4.52.